The zero-order valence-corrected chi connectivity index (χ0v) is 19.1. The lowest BCUT2D eigenvalue weighted by Crippen LogP contribution is -2.32. The van der Waals surface area contributed by atoms with Crippen molar-refractivity contribution in [3.05, 3.63) is 69.5 Å². The van der Waals surface area contributed by atoms with Crippen LogP contribution in [0.5, 0.6) is 5.75 Å². The molecule has 164 valence electrons. The van der Waals surface area contributed by atoms with Crippen LogP contribution < -0.4 is 4.74 Å². The first kappa shape index (κ1) is 23.0. The van der Waals surface area contributed by atoms with E-state index in [1.165, 1.54) is 24.1 Å². The second-order valence-corrected chi connectivity index (χ2v) is 8.47. The number of nitrogens with zero attached hydrogens (tertiary/aromatic N) is 2. The summed E-state index contributed by atoms with van der Waals surface area (Å²) in [5.74, 6) is -2.53. The third kappa shape index (κ3) is 4.80. The minimum atomic E-state index is -0.786. The first-order chi connectivity index (χ1) is 14.7. The Balaban J connectivity index is 2.10. The van der Waals surface area contributed by atoms with Gasteiger partial charge in [0.05, 0.1) is 18.7 Å². The summed E-state index contributed by atoms with van der Waals surface area (Å²) >= 11 is 3.39. The van der Waals surface area contributed by atoms with Crippen LogP contribution >= 0.6 is 15.9 Å². The van der Waals surface area contributed by atoms with Crippen LogP contribution in [0.2, 0.25) is 0 Å². The first-order valence-electron chi connectivity index (χ1n) is 9.77. The smallest absolute Gasteiger partial charge is 0.295 e. The molecule has 3 rings (SSSR count). The van der Waals surface area contributed by atoms with Gasteiger partial charge in [-0.3, -0.25) is 9.59 Å². The van der Waals surface area contributed by atoms with E-state index < -0.39 is 29.3 Å². The van der Waals surface area contributed by atoms with E-state index in [2.05, 4.69) is 15.9 Å². The van der Waals surface area contributed by atoms with Crippen LogP contribution in [0.25, 0.3) is 5.76 Å². The molecular weight excluding hydrogens is 467 g/mol. The fraction of sp³-hybridized carbons (Fsp3) is 0.304. The van der Waals surface area contributed by atoms with Gasteiger partial charge >= 0.3 is 0 Å². The minimum Gasteiger partial charge on any atom is -0.507 e. The largest absolute Gasteiger partial charge is 0.507 e. The Morgan fingerprint density at radius 3 is 2.45 bits per heavy atom. The van der Waals surface area contributed by atoms with E-state index in [-0.39, 0.29) is 16.9 Å². The molecule has 1 unspecified atom stereocenters. The maximum absolute atomic E-state index is 14.2. The summed E-state index contributed by atoms with van der Waals surface area (Å²) in [6, 6.07) is 10.3. The SMILES string of the molecule is COc1ccc(/C(O)=C2/C(=O)C(=O)N(CCCN(C)C)C2c2ccc(Br)cc2)cc1F. The number of methoxy groups -OCH3 is 1. The van der Waals surface area contributed by atoms with Gasteiger partial charge in [-0.2, -0.15) is 0 Å². The van der Waals surface area contributed by atoms with E-state index in [0.717, 1.165) is 17.1 Å². The molecule has 1 aliphatic heterocycles. The van der Waals surface area contributed by atoms with Crippen LogP contribution in [-0.4, -0.2) is 60.9 Å². The number of halogens is 2. The zero-order chi connectivity index (χ0) is 22.7. The van der Waals surface area contributed by atoms with E-state index in [1.54, 1.807) is 12.1 Å². The van der Waals surface area contributed by atoms with Crippen molar-refractivity contribution in [2.24, 2.45) is 0 Å². The normalized spacial score (nSPS) is 18.1. The molecule has 0 aliphatic carbocycles. The Labute approximate surface area is 189 Å². The molecule has 0 bridgehead atoms. The van der Waals surface area contributed by atoms with Gasteiger partial charge in [-0.25, -0.2) is 4.39 Å². The molecule has 31 heavy (non-hydrogen) atoms. The molecule has 0 saturated carbocycles. The van der Waals surface area contributed by atoms with Crippen molar-refractivity contribution in [2.75, 3.05) is 34.3 Å². The standard InChI is InChI=1S/C23H24BrFN2O4/c1-26(2)11-4-12-27-20(14-5-8-16(24)9-6-14)19(22(29)23(27)30)21(28)15-7-10-18(31-3)17(25)13-15/h5-10,13,20,28H,4,11-12H2,1-3H3/b21-19-. The lowest BCUT2D eigenvalue weighted by Gasteiger charge is -2.26. The number of aliphatic hydroxyl groups is 1. The Hall–Kier alpha value is -2.71. The lowest BCUT2D eigenvalue weighted by atomic mass is 9.95. The van der Waals surface area contributed by atoms with Gasteiger partial charge in [0.25, 0.3) is 11.7 Å². The highest BCUT2D eigenvalue weighted by Crippen LogP contribution is 2.40. The summed E-state index contributed by atoms with van der Waals surface area (Å²) in [7, 11) is 5.20. The molecule has 1 saturated heterocycles. The molecule has 0 spiro atoms. The van der Waals surface area contributed by atoms with Crippen molar-refractivity contribution in [3.8, 4) is 5.75 Å². The van der Waals surface area contributed by atoms with Gasteiger partial charge in [-0.05, 0) is 63.0 Å². The van der Waals surface area contributed by atoms with Crippen LogP contribution in [0.4, 0.5) is 4.39 Å². The number of carbonyl (C=O) groups is 2. The number of benzene rings is 2. The first-order valence-corrected chi connectivity index (χ1v) is 10.6. The van der Waals surface area contributed by atoms with Gasteiger partial charge in [-0.1, -0.05) is 28.1 Å². The Morgan fingerprint density at radius 2 is 1.87 bits per heavy atom. The topological polar surface area (TPSA) is 70.1 Å². The second kappa shape index (κ2) is 9.62. The quantitative estimate of drug-likeness (QED) is 0.361. The number of carbonyl (C=O) groups excluding carboxylic acids is 2. The number of ketones is 1. The number of hydrogen-bond acceptors (Lipinski definition) is 5. The van der Waals surface area contributed by atoms with Crippen LogP contribution in [-0.2, 0) is 9.59 Å². The molecule has 1 aliphatic rings. The van der Waals surface area contributed by atoms with E-state index in [4.69, 9.17) is 4.74 Å². The Kier molecular flexibility index (Phi) is 7.12. The van der Waals surface area contributed by atoms with E-state index in [1.807, 2.05) is 31.1 Å². The van der Waals surface area contributed by atoms with Crippen LogP contribution in [0.15, 0.2) is 52.5 Å². The number of hydrogen-bond donors (Lipinski definition) is 1. The van der Waals surface area contributed by atoms with Gasteiger partial charge in [0, 0.05) is 16.6 Å². The molecule has 0 radical (unpaired) electrons. The summed E-state index contributed by atoms with van der Waals surface area (Å²) in [6.07, 6.45) is 0.657. The maximum Gasteiger partial charge on any atom is 0.295 e. The van der Waals surface area contributed by atoms with Crippen molar-refractivity contribution < 1.29 is 23.8 Å². The van der Waals surface area contributed by atoms with Crippen molar-refractivity contribution in [3.63, 3.8) is 0 Å². The molecule has 1 fully saturated rings. The molecule has 2 aromatic carbocycles. The van der Waals surface area contributed by atoms with Gasteiger partial charge in [0.15, 0.2) is 11.6 Å². The predicted octanol–water partition coefficient (Wildman–Crippen LogP) is 3.97. The number of likely N-dealkylation sites (tertiary alicyclic amines) is 1. The van der Waals surface area contributed by atoms with Gasteiger partial charge in [-0.15, -0.1) is 0 Å². The third-order valence-corrected chi connectivity index (χ3v) is 5.68. The van der Waals surface area contributed by atoms with Gasteiger partial charge < -0.3 is 19.6 Å². The Morgan fingerprint density at radius 1 is 1.19 bits per heavy atom. The number of amides is 1. The number of Topliss-reactive ketones (excluding diaryl/α,β-unsaturated/α-hetero) is 1. The molecule has 0 aromatic heterocycles. The predicted molar refractivity (Wildman–Crippen MR) is 119 cm³/mol. The molecule has 1 heterocycles. The van der Waals surface area contributed by atoms with Gasteiger partial charge in [0.1, 0.15) is 5.76 Å². The number of rotatable bonds is 7. The summed E-state index contributed by atoms with van der Waals surface area (Å²) in [4.78, 5) is 29.3. The lowest BCUT2D eigenvalue weighted by molar-refractivity contribution is -0.139. The molecule has 1 atom stereocenters. The Bertz CT molecular complexity index is 1020. The van der Waals surface area contributed by atoms with Crippen LogP contribution in [0, 0.1) is 5.82 Å². The molecule has 8 heteroatoms. The fourth-order valence-electron chi connectivity index (χ4n) is 3.63. The van der Waals surface area contributed by atoms with E-state index >= 15 is 0 Å². The van der Waals surface area contributed by atoms with E-state index in [9.17, 15) is 19.1 Å². The van der Waals surface area contributed by atoms with Crippen LogP contribution in [0.3, 0.4) is 0 Å². The third-order valence-electron chi connectivity index (χ3n) is 5.16. The highest BCUT2D eigenvalue weighted by molar-refractivity contribution is 9.10. The molecular formula is C23H24BrFN2O4. The zero-order valence-electron chi connectivity index (χ0n) is 17.6. The highest BCUT2D eigenvalue weighted by Gasteiger charge is 2.45. The van der Waals surface area contributed by atoms with Crippen LogP contribution in [0.1, 0.15) is 23.6 Å². The average Bonchev–Trinajstić information content (AvgIpc) is 2.98. The molecule has 1 amide bonds. The fourth-order valence-corrected chi connectivity index (χ4v) is 3.89. The van der Waals surface area contributed by atoms with Gasteiger partial charge in [0.2, 0.25) is 0 Å². The van der Waals surface area contributed by atoms with E-state index in [0.29, 0.717) is 18.5 Å². The van der Waals surface area contributed by atoms with Crippen molar-refractivity contribution in [1.29, 1.82) is 0 Å². The second-order valence-electron chi connectivity index (χ2n) is 7.55. The summed E-state index contributed by atoms with van der Waals surface area (Å²) in [6.45, 7) is 1.08. The van der Waals surface area contributed by atoms with Crippen molar-refractivity contribution in [1.82, 2.24) is 9.80 Å². The average molecular weight is 491 g/mol. The molecule has 6 nitrogen and oxygen atoms in total. The molecule has 1 N–H and O–H groups in total. The molecule has 2 aromatic rings. The highest BCUT2D eigenvalue weighted by atomic mass is 79.9. The monoisotopic (exact) mass is 490 g/mol. The number of aliphatic hydroxyl groups excluding tert-OH is 1. The van der Waals surface area contributed by atoms with Crippen molar-refractivity contribution >= 4 is 33.4 Å². The summed E-state index contributed by atoms with van der Waals surface area (Å²) in [5.41, 5.74) is 0.733. The van der Waals surface area contributed by atoms with Crippen molar-refractivity contribution in [2.45, 2.75) is 12.5 Å². The summed E-state index contributed by atoms with van der Waals surface area (Å²) in [5, 5.41) is 11.0. The maximum atomic E-state index is 14.2. The summed E-state index contributed by atoms with van der Waals surface area (Å²) < 4.78 is 20.0. The minimum absolute atomic E-state index is 0.0187. The number of ether oxygens (including phenoxy) is 1.